The van der Waals surface area contributed by atoms with Crippen LogP contribution in [0.5, 0.6) is 5.75 Å². The number of hydrogen-bond acceptors (Lipinski definition) is 2. The second-order valence-corrected chi connectivity index (χ2v) is 5.03. The highest BCUT2D eigenvalue weighted by atomic mass is 19.3. The normalized spacial score (nSPS) is 20.3. The highest BCUT2D eigenvalue weighted by molar-refractivity contribution is 5.33. The Morgan fingerprint density at radius 1 is 1.21 bits per heavy atom. The van der Waals surface area contributed by atoms with Crippen LogP contribution in [-0.2, 0) is 6.42 Å². The Morgan fingerprint density at radius 2 is 2.05 bits per heavy atom. The summed E-state index contributed by atoms with van der Waals surface area (Å²) < 4.78 is 29.2. The lowest BCUT2D eigenvalue weighted by molar-refractivity contribution is -0.0504. The minimum atomic E-state index is -2.75. The summed E-state index contributed by atoms with van der Waals surface area (Å²) in [5.41, 5.74) is 0.869. The molecular formula is C15H21F2NO. The van der Waals surface area contributed by atoms with Crippen LogP contribution in [0.3, 0.4) is 0 Å². The number of hydrogen-bond donors (Lipinski definition) is 1. The molecule has 1 atom stereocenters. The smallest absolute Gasteiger partial charge is 0.387 e. The monoisotopic (exact) mass is 269 g/mol. The molecule has 0 radical (unpaired) electrons. The SMILES string of the molecule is FC(F)Oc1ccccc1CCC1CCCCCN1. The van der Waals surface area contributed by atoms with Crippen LogP contribution in [0.25, 0.3) is 0 Å². The van der Waals surface area contributed by atoms with Crippen LogP contribution in [0, 0.1) is 0 Å². The lowest BCUT2D eigenvalue weighted by atomic mass is 10.0. The van der Waals surface area contributed by atoms with E-state index in [2.05, 4.69) is 10.1 Å². The molecule has 1 aromatic carbocycles. The first-order valence-electron chi connectivity index (χ1n) is 7.02. The standard InChI is InChI=1S/C15H21F2NO/c16-15(17)19-14-8-4-3-6-12(14)9-10-13-7-2-1-5-11-18-13/h3-4,6,8,13,15,18H,1-2,5,7,9-11H2. The lowest BCUT2D eigenvalue weighted by Crippen LogP contribution is -2.28. The Bertz CT molecular complexity index is 376. The lowest BCUT2D eigenvalue weighted by Gasteiger charge is -2.17. The molecule has 1 fully saturated rings. The molecule has 1 heterocycles. The minimum absolute atomic E-state index is 0.311. The van der Waals surface area contributed by atoms with E-state index in [4.69, 9.17) is 0 Å². The zero-order valence-corrected chi connectivity index (χ0v) is 11.1. The average molecular weight is 269 g/mol. The molecule has 0 aromatic heterocycles. The highest BCUT2D eigenvalue weighted by Crippen LogP contribution is 2.23. The van der Waals surface area contributed by atoms with Gasteiger partial charge in [-0.3, -0.25) is 0 Å². The molecule has 0 spiro atoms. The van der Waals surface area contributed by atoms with E-state index in [0.717, 1.165) is 24.9 Å². The maximum atomic E-state index is 12.3. The van der Waals surface area contributed by atoms with Gasteiger partial charge in [-0.1, -0.05) is 31.0 Å². The zero-order valence-electron chi connectivity index (χ0n) is 11.1. The molecule has 2 rings (SSSR count). The van der Waals surface area contributed by atoms with Crippen molar-refractivity contribution in [3.63, 3.8) is 0 Å². The summed E-state index contributed by atoms with van der Waals surface area (Å²) in [6, 6.07) is 7.58. The number of nitrogens with one attached hydrogen (secondary N) is 1. The minimum Gasteiger partial charge on any atom is -0.435 e. The van der Waals surface area contributed by atoms with Crippen LogP contribution < -0.4 is 10.1 Å². The molecule has 0 aliphatic carbocycles. The number of rotatable bonds is 5. The fraction of sp³-hybridized carbons (Fsp3) is 0.600. The maximum absolute atomic E-state index is 12.3. The van der Waals surface area contributed by atoms with Crippen molar-refractivity contribution in [2.24, 2.45) is 0 Å². The number of para-hydroxylation sites is 1. The molecule has 4 heteroatoms. The van der Waals surface area contributed by atoms with Gasteiger partial charge in [-0.05, 0) is 43.9 Å². The summed E-state index contributed by atoms with van der Waals surface area (Å²) in [5.74, 6) is 0.311. The third-order valence-electron chi connectivity index (χ3n) is 3.61. The third kappa shape index (κ3) is 4.78. The highest BCUT2D eigenvalue weighted by Gasteiger charge is 2.14. The molecule has 1 unspecified atom stereocenters. The van der Waals surface area contributed by atoms with Gasteiger partial charge in [0.05, 0.1) is 0 Å². The predicted molar refractivity (Wildman–Crippen MR) is 71.7 cm³/mol. The molecule has 1 aliphatic rings. The van der Waals surface area contributed by atoms with Crippen LogP contribution in [0.2, 0.25) is 0 Å². The van der Waals surface area contributed by atoms with Crippen molar-refractivity contribution in [2.45, 2.75) is 51.2 Å². The van der Waals surface area contributed by atoms with Crippen LogP contribution in [-0.4, -0.2) is 19.2 Å². The summed E-state index contributed by atoms with van der Waals surface area (Å²) in [7, 11) is 0. The Morgan fingerprint density at radius 3 is 2.89 bits per heavy atom. The van der Waals surface area contributed by atoms with Crippen LogP contribution in [0.4, 0.5) is 8.78 Å². The molecule has 1 aromatic rings. The molecule has 1 saturated heterocycles. The van der Waals surface area contributed by atoms with Gasteiger partial charge >= 0.3 is 6.61 Å². The molecule has 0 amide bonds. The second kappa shape index (κ2) is 7.43. The topological polar surface area (TPSA) is 21.3 Å². The van der Waals surface area contributed by atoms with Gasteiger partial charge in [0.25, 0.3) is 0 Å². The van der Waals surface area contributed by atoms with Gasteiger partial charge in [0.15, 0.2) is 0 Å². The molecular weight excluding hydrogens is 248 g/mol. The Kier molecular flexibility index (Phi) is 5.58. The number of ether oxygens (including phenoxy) is 1. The third-order valence-corrected chi connectivity index (χ3v) is 3.61. The van der Waals surface area contributed by atoms with Crippen LogP contribution in [0.15, 0.2) is 24.3 Å². The fourth-order valence-electron chi connectivity index (χ4n) is 2.60. The summed E-state index contributed by atoms with van der Waals surface area (Å²) in [6.07, 6.45) is 6.71. The van der Waals surface area contributed by atoms with Crippen molar-refractivity contribution >= 4 is 0 Å². The number of alkyl halides is 2. The maximum Gasteiger partial charge on any atom is 0.387 e. The largest absolute Gasteiger partial charge is 0.435 e. The number of benzene rings is 1. The van der Waals surface area contributed by atoms with E-state index < -0.39 is 6.61 Å². The van der Waals surface area contributed by atoms with E-state index in [9.17, 15) is 8.78 Å². The van der Waals surface area contributed by atoms with Crippen molar-refractivity contribution in [1.29, 1.82) is 0 Å². The summed E-state index contributed by atoms with van der Waals surface area (Å²) >= 11 is 0. The van der Waals surface area contributed by atoms with Gasteiger partial charge in [-0.2, -0.15) is 8.78 Å². The molecule has 1 aliphatic heterocycles. The molecule has 0 bridgehead atoms. The van der Waals surface area contributed by atoms with E-state index in [1.165, 1.54) is 25.7 Å². The van der Waals surface area contributed by atoms with E-state index in [1.54, 1.807) is 12.1 Å². The van der Waals surface area contributed by atoms with Crippen molar-refractivity contribution in [1.82, 2.24) is 5.32 Å². The van der Waals surface area contributed by atoms with Crippen molar-refractivity contribution in [2.75, 3.05) is 6.54 Å². The summed E-state index contributed by atoms with van der Waals surface area (Å²) in [4.78, 5) is 0. The Balaban J connectivity index is 1.90. The first kappa shape index (κ1) is 14.3. The van der Waals surface area contributed by atoms with Gasteiger partial charge in [0, 0.05) is 6.04 Å². The fourth-order valence-corrected chi connectivity index (χ4v) is 2.60. The van der Waals surface area contributed by atoms with E-state index in [0.29, 0.717) is 11.8 Å². The average Bonchev–Trinajstić information content (AvgIpc) is 2.65. The zero-order chi connectivity index (χ0) is 13.5. The Hall–Kier alpha value is -1.16. The van der Waals surface area contributed by atoms with Gasteiger partial charge in [-0.25, -0.2) is 0 Å². The second-order valence-electron chi connectivity index (χ2n) is 5.03. The van der Waals surface area contributed by atoms with E-state index in [-0.39, 0.29) is 0 Å². The number of halogens is 2. The van der Waals surface area contributed by atoms with Crippen molar-refractivity contribution in [3.05, 3.63) is 29.8 Å². The summed E-state index contributed by atoms with van der Waals surface area (Å²) in [6.45, 7) is -1.68. The van der Waals surface area contributed by atoms with Crippen LogP contribution in [0.1, 0.15) is 37.7 Å². The number of aryl methyl sites for hydroxylation is 1. The van der Waals surface area contributed by atoms with Gasteiger partial charge < -0.3 is 10.1 Å². The summed E-state index contributed by atoms with van der Waals surface area (Å²) in [5, 5.41) is 3.52. The van der Waals surface area contributed by atoms with E-state index >= 15 is 0 Å². The van der Waals surface area contributed by atoms with Gasteiger partial charge in [0.1, 0.15) is 5.75 Å². The van der Waals surface area contributed by atoms with Crippen molar-refractivity contribution in [3.8, 4) is 5.75 Å². The molecule has 0 saturated carbocycles. The van der Waals surface area contributed by atoms with Crippen LogP contribution >= 0.6 is 0 Å². The Labute approximate surface area is 113 Å². The molecule has 19 heavy (non-hydrogen) atoms. The van der Waals surface area contributed by atoms with Crippen molar-refractivity contribution < 1.29 is 13.5 Å². The molecule has 2 nitrogen and oxygen atoms in total. The van der Waals surface area contributed by atoms with Gasteiger partial charge in [-0.15, -0.1) is 0 Å². The van der Waals surface area contributed by atoms with E-state index in [1.807, 2.05) is 12.1 Å². The quantitative estimate of drug-likeness (QED) is 0.879. The van der Waals surface area contributed by atoms with Gasteiger partial charge in [0.2, 0.25) is 0 Å². The first-order chi connectivity index (χ1) is 9.25. The molecule has 106 valence electrons. The molecule has 1 N–H and O–H groups in total. The first-order valence-corrected chi connectivity index (χ1v) is 7.02. The predicted octanol–water partition coefficient (Wildman–Crippen LogP) is 3.75.